The lowest BCUT2D eigenvalue weighted by Crippen LogP contribution is -2.28. The lowest BCUT2D eigenvalue weighted by atomic mass is 9.86. The van der Waals surface area contributed by atoms with Crippen molar-refractivity contribution in [3.8, 4) is 23.0 Å². The molecule has 310 valence electrons. The quantitative estimate of drug-likeness (QED) is 0.112. The van der Waals surface area contributed by atoms with Crippen LogP contribution in [0.25, 0.3) is 22.0 Å². The fourth-order valence-corrected chi connectivity index (χ4v) is 9.60. The summed E-state index contributed by atoms with van der Waals surface area (Å²) in [6.07, 6.45) is -3.10. The number of alkyl halides is 5. The number of sulfone groups is 1. The number of fused-ring (bicyclic) bond motifs is 4. The molecule has 1 unspecified atom stereocenters. The van der Waals surface area contributed by atoms with E-state index < -0.39 is 92.8 Å². The van der Waals surface area contributed by atoms with Crippen LogP contribution in [0.1, 0.15) is 77.1 Å². The Bertz CT molecular complexity index is 2680. The first-order chi connectivity index (χ1) is 27.8. The van der Waals surface area contributed by atoms with Gasteiger partial charge in [-0.1, -0.05) is 23.6 Å². The number of hydrogen-bond donors (Lipinski definition) is 1. The Morgan fingerprint density at radius 3 is 2.49 bits per heavy atom. The smallest absolute Gasteiger partial charge is 0.316 e. The summed E-state index contributed by atoms with van der Waals surface area (Å²) in [5.74, 6) is -3.72. The normalized spacial score (nSPS) is 20.2. The van der Waals surface area contributed by atoms with Gasteiger partial charge in [-0.2, -0.15) is 32.1 Å². The van der Waals surface area contributed by atoms with Crippen LogP contribution in [-0.4, -0.2) is 58.1 Å². The summed E-state index contributed by atoms with van der Waals surface area (Å²) in [5, 5.41) is 11.8. The Hall–Kier alpha value is -4.79. The van der Waals surface area contributed by atoms with E-state index in [9.17, 15) is 35.2 Å². The van der Waals surface area contributed by atoms with Gasteiger partial charge in [-0.3, -0.25) is 14.2 Å². The first kappa shape index (κ1) is 41.0. The number of pyridine rings is 1. The topological polar surface area (TPSA) is 112 Å². The Balaban J connectivity index is 1.27. The molecular formula is C41H36ClF7N6O3S. The highest BCUT2D eigenvalue weighted by atomic mass is 35.5. The van der Waals surface area contributed by atoms with Crippen LogP contribution in [0.2, 0.25) is 5.02 Å². The molecule has 0 spiro atoms. The Morgan fingerprint density at radius 2 is 1.81 bits per heavy atom. The zero-order valence-electron chi connectivity index (χ0n) is 31.6. The van der Waals surface area contributed by atoms with E-state index in [0.717, 1.165) is 37.8 Å². The number of carbonyl (C=O) groups is 1. The largest absolute Gasteiger partial charge is 0.435 e. The van der Waals surface area contributed by atoms with Crippen molar-refractivity contribution in [2.75, 3.05) is 19.3 Å². The molecule has 8 rings (SSSR count). The average Bonchev–Trinajstić information content (AvgIpc) is 3.68. The fourth-order valence-electron chi connectivity index (χ4n) is 8.64. The minimum Gasteiger partial charge on any atom is -0.316 e. The molecule has 1 saturated carbocycles. The molecule has 4 atom stereocenters. The number of nitrogens with one attached hydrogen (secondary N) is 1. The maximum Gasteiger partial charge on any atom is 0.435 e. The van der Waals surface area contributed by atoms with Gasteiger partial charge in [0, 0.05) is 72.2 Å². The third-order valence-electron chi connectivity index (χ3n) is 11.1. The van der Waals surface area contributed by atoms with E-state index in [1.54, 1.807) is 31.3 Å². The Kier molecular flexibility index (Phi) is 10.4. The lowest BCUT2D eigenvalue weighted by Gasteiger charge is -2.22. The highest BCUT2D eigenvalue weighted by Gasteiger charge is 2.68. The van der Waals surface area contributed by atoms with Gasteiger partial charge in [0.05, 0.1) is 27.7 Å². The van der Waals surface area contributed by atoms with Gasteiger partial charge in [0.1, 0.15) is 29.6 Å². The van der Waals surface area contributed by atoms with Crippen LogP contribution < -0.4 is 5.32 Å². The first-order valence-electron chi connectivity index (χ1n) is 18.9. The molecule has 0 radical (unpaired) electrons. The van der Waals surface area contributed by atoms with Crippen molar-refractivity contribution >= 4 is 38.1 Å². The first-order valence-corrected chi connectivity index (χ1v) is 21.3. The van der Waals surface area contributed by atoms with Gasteiger partial charge in [-0.15, -0.1) is 0 Å². The third kappa shape index (κ3) is 8.11. The fraction of sp³-hybridized carbons (Fsp3) is 0.415. The molecule has 59 heavy (non-hydrogen) atoms. The molecule has 2 aliphatic carbocycles. The molecule has 2 aromatic carbocycles. The summed E-state index contributed by atoms with van der Waals surface area (Å²) in [4.78, 5) is 19.0. The monoisotopic (exact) mass is 860 g/mol. The van der Waals surface area contributed by atoms with Gasteiger partial charge in [0.25, 0.3) is 5.92 Å². The van der Waals surface area contributed by atoms with Gasteiger partial charge in [0.2, 0.25) is 0 Å². The number of ketones is 1. The van der Waals surface area contributed by atoms with E-state index >= 15 is 8.78 Å². The number of nitrogens with zero attached hydrogens (tertiary/aromatic N) is 5. The molecule has 2 fully saturated rings. The molecule has 3 aromatic heterocycles. The van der Waals surface area contributed by atoms with E-state index in [1.165, 1.54) is 4.68 Å². The molecule has 0 amide bonds. The molecular weight excluding hydrogens is 825 g/mol. The summed E-state index contributed by atoms with van der Waals surface area (Å²) in [6, 6.07) is 9.34. The van der Waals surface area contributed by atoms with Crippen molar-refractivity contribution < 1.29 is 43.9 Å². The molecule has 0 bridgehead atoms. The second-order valence-corrected chi connectivity index (χ2v) is 18.2. The minimum absolute atomic E-state index is 0.0153. The average molecular weight is 861 g/mol. The maximum atomic E-state index is 15.5. The number of aromatic nitrogens is 5. The van der Waals surface area contributed by atoms with E-state index in [2.05, 4.69) is 27.4 Å². The number of Topliss-reactive ketones (excluding diaryl/α,β-unsaturated/α-hetero) is 1. The van der Waals surface area contributed by atoms with Crippen LogP contribution in [-0.2, 0) is 52.5 Å². The zero-order valence-corrected chi connectivity index (χ0v) is 33.2. The molecule has 5 aromatic rings. The van der Waals surface area contributed by atoms with Crippen LogP contribution in [0.3, 0.4) is 0 Å². The second-order valence-electron chi connectivity index (χ2n) is 15.7. The molecule has 1 N–H and O–H groups in total. The zero-order chi connectivity index (χ0) is 42.2. The van der Waals surface area contributed by atoms with Gasteiger partial charge in [-0.05, 0) is 80.0 Å². The number of rotatable bonds is 10. The van der Waals surface area contributed by atoms with Crippen LogP contribution in [0.4, 0.5) is 30.7 Å². The SMILES string of the molecule is Cn1nc(CS(C)(=O)=O)c2c(Cl)ccc(-c3ccc(C#CC4CCCNC4)nc3[C@@H](CC(=O)Cn3nc(C(F)(F)F)c4c3C(F)(F)[C@@H]3C[C@H]43)Cc3cc(F)cc(F)c3)c21. The Morgan fingerprint density at radius 1 is 1.08 bits per heavy atom. The van der Waals surface area contributed by atoms with Crippen LogP contribution >= 0.6 is 11.6 Å². The van der Waals surface area contributed by atoms with E-state index in [4.69, 9.17) is 16.6 Å². The van der Waals surface area contributed by atoms with E-state index in [-0.39, 0.29) is 46.4 Å². The summed E-state index contributed by atoms with van der Waals surface area (Å²) < 4.78 is 129. The van der Waals surface area contributed by atoms with E-state index in [1.807, 2.05) is 0 Å². The predicted octanol–water partition coefficient (Wildman–Crippen LogP) is 7.87. The van der Waals surface area contributed by atoms with Gasteiger partial charge < -0.3 is 5.32 Å². The minimum atomic E-state index is -5.04. The van der Waals surface area contributed by atoms with Crippen molar-refractivity contribution in [3.05, 3.63) is 98.7 Å². The van der Waals surface area contributed by atoms with Crippen molar-refractivity contribution in [2.24, 2.45) is 18.9 Å². The number of carbonyl (C=O) groups excluding carboxylic acids is 1. The molecule has 1 aliphatic heterocycles. The highest BCUT2D eigenvalue weighted by molar-refractivity contribution is 7.89. The molecule has 3 aliphatic rings. The lowest BCUT2D eigenvalue weighted by molar-refractivity contribution is -0.142. The second kappa shape index (κ2) is 15.0. The number of aryl methyl sites for hydroxylation is 1. The van der Waals surface area contributed by atoms with Crippen molar-refractivity contribution in [1.29, 1.82) is 0 Å². The molecule has 18 heteroatoms. The summed E-state index contributed by atoms with van der Waals surface area (Å²) >= 11 is 6.66. The van der Waals surface area contributed by atoms with Crippen molar-refractivity contribution in [1.82, 2.24) is 29.9 Å². The van der Waals surface area contributed by atoms with Crippen LogP contribution in [0, 0.1) is 35.3 Å². The van der Waals surface area contributed by atoms with E-state index in [0.29, 0.717) is 39.3 Å². The number of piperidine rings is 1. The van der Waals surface area contributed by atoms with Crippen molar-refractivity contribution in [3.63, 3.8) is 0 Å². The summed E-state index contributed by atoms with van der Waals surface area (Å²) in [6.45, 7) is 0.582. The highest BCUT2D eigenvalue weighted by Crippen LogP contribution is 2.68. The Labute approximate surface area is 339 Å². The standard InChI is InChI=1S/C41H36ClF7N6O3S/c1-54-37-29(9-10-32(42)35(37)33(52-54)20-59(2,57)58)28-8-7-26(6-5-21-4-3-11-50-18-21)51-36(28)23(12-22-13-24(43)16-25(44)14-22)15-27(56)19-55-39-34(38(53-55)41(47,48)49)30-17-31(30)40(39,45)46/h7-10,13-14,16,21,23,30-31,50H,3-4,11-12,15,17-20H2,1-2H3/t21?,23-,30+,31-/m1/s1. The molecule has 9 nitrogen and oxygen atoms in total. The van der Waals surface area contributed by atoms with Gasteiger partial charge in [0.15, 0.2) is 21.3 Å². The third-order valence-corrected chi connectivity index (χ3v) is 12.2. The number of benzene rings is 2. The summed E-state index contributed by atoms with van der Waals surface area (Å²) in [5.41, 5.74) is -0.973. The summed E-state index contributed by atoms with van der Waals surface area (Å²) in [7, 11) is -1.98. The van der Waals surface area contributed by atoms with Crippen LogP contribution in [0.15, 0.2) is 42.5 Å². The maximum absolute atomic E-state index is 15.5. The van der Waals surface area contributed by atoms with Crippen LogP contribution in [0.5, 0.6) is 0 Å². The van der Waals surface area contributed by atoms with Crippen molar-refractivity contribution in [2.45, 2.75) is 68.3 Å². The predicted molar refractivity (Wildman–Crippen MR) is 204 cm³/mol. The number of halogens is 8. The molecule has 1 saturated heterocycles. The van der Waals surface area contributed by atoms with Gasteiger partial charge >= 0.3 is 6.18 Å². The van der Waals surface area contributed by atoms with Gasteiger partial charge in [-0.25, -0.2) is 22.2 Å². The number of hydrogen-bond acceptors (Lipinski definition) is 7. The molecule has 4 heterocycles.